The first-order valence-corrected chi connectivity index (χ1v) is 6.67. The number of hydrogen-bond acceptors (Lipinski definition) is 3. The summed E-state index contributed by atoms with van der Waals surface area (Å²) in [7, 11) is 0. The van der Waals surface area contributed by atoms with Crippen LogP contribution in [0.2, 0.25) is 0 Å². The molecule has 4 heteroatoms. The summed E-state index contributed by atoms with van der Waals surface area (Å²) in [4.78, 5) is 12.1. The first kappa shape index (κ1) is 14.5. The Bertz CT molecular complexity index is 236. The lowest BCUT2D eigenvalue weighted by atomic mass is 9.79. The van der Waals surface area contributed by atoms with Crippen LogP contribution < -0.4 is 11.1 Å². The van der Waals surface area contributed by atoms with Crippen molar-refractivity contribution in [2.75, 3.05) is 26.3 Å². The Morgan fingerprint density at radius 3 is 2.59 bits per heavy atom. The summed E-state index contributed by atoms with van der Waals surface area (Å²) in [5.74, 6) is 0.811. The lowest BCUT2D eigenvalue weighted by Gasteiger charge is -2.34. The van der Waals surface area contributed by atoms with Crippen LogP contribution in [0.25, 0.3) is 0 Å². The van der Waals surface area contributed by atoms with Gasteiger partial charge in [0.2, 0.25) is 5.91 Å². The SMILES string of the molecule is CC(C)CCCNC(=O)C1(CN)CCOCC1. The normalized spacial score (nSPS) is 19.3. The second-order valence-electron chi connectivity index (χ2n) is 5.39. The molecule has 1 aliphatic heterocycles. The fourth-order valence-electron chi connectivity index (χ4n) is 2.19. The lowest BCUT2D eigenvalue weighted by Crippen LogP contribution is -2.49. The Balaban J connectivity index is 2.33. The summed E-state index contributed by atoms with van der Waals surface area (Å²) in [6.45, 7) is 6.88. The number of nitrogens with one attached hydrogen (secondary N) is 1. The van der Waals surface area contributed by atoms with Gasteiger partial charge in [-0.25, -0.2) is 0 Å². The number of hydrogen-bond donors (Lipinski definition) is 2. The second-order valence-corrected chi connectivity index (χ2v) is 5.39. The fraction of sp³-hybridized carbons (Fsp3) is 0.923. The molecule has 1 amide bonds. The molecule has 0 radical (unpaired) electrons. The molecule has 0 saturated carbocycles. The smallest absolute Gasteiger partial charge is 0.227 e. The second kappa shape index (κ2) is 6.97. The average molecular weight is 242 g/mol. The molecule has 1 aliphatic rings. The van der Waals surface area contributed by atoms with Crippen LogP contribution in [-0.4, -0.2) is 32.2 Å². The molecule has 1 rings (SSSR count). The Morgan fingerprint density at radius 1 is 1.41 bits per heavy atom. The maximum atomic E-state index is 12.1. The molecule has 0 atom stereocenters. The number of ether oxygens (including phenoxy) is 1. The van der Waals surface area contributed by atoms with Crippen molar-refractivity contribution < 1.29 is 9.53 Å². The third kappa shape index (κ3) is 4.28. The predicted octanol–water partition coefficient (Wildman–Crippen LogP) is 1.29. The molecule has 17 heavy (non-hydrogen) atoms. The van der Waals surface area contributed by atoms with Gasteiger partial charge >= 0.3 is 0 Å². The topological polar surface area (TPSA) is 64.4 Å². The Morgan fingerprint density at radius 2 is 2.06 bits per heavy atom. The van der Waals surface area contributed by atoms with Gasteiger partial charge in [0.25, 0.3) is 0 Å². The first-order valence-electron chi connectivity index (χ1n) is 6.67. The molecule has 0 bridgehead atoms. The van der Waals surface area contributed by atoms with E-state index < -0.39 is 0 Å². The van der Waals surface area contributed by atoms with Crippen LogP contribution >= 0.6 is 0 Å². The maximum Gasteiger partial charge on any atom is 0.227 e. The Kier molecular flexibility index (Phi) is 5.92. The van der Waals surface area contributed by atoms with E-state index in [9.17, 15) is 4.79 Å². The van der Waals surface area contributed by atoms with Crippen molar-refractivity contribution in [1.82, 2.24) is 5.32 Å². The highest BCUT2D eigenvalue weighted by Gasteiger charge is 2.38. The van der Waals surface area contributed by atoms with Crippen molar-refractivity contribution in [2.24, 2.45) is 17.1 Å². The van der Waals surface area contributed by atoms with Crippen LogP contribution in [0, 0.1) is 11.3 Å². The predicted molar refractivity (Wildman–Crippen MR) is 68.6 cm³/mol. The molecular weight excluding hydrogens is 216 g/mol. The highest BCUT2D eigenvalue weighted by Crippen LogP contribution is 2.29. The van der Waals surface area contributed by atoms with Gasteiger partial charge in [0.15, 0.2) is 0 Å². The van der Waals surface area contributed by atoms with Gasteiger partial charge in [0.1, 0.15) is 0 Å². The molecule has 0 spiro atoms. The van der Waals surface area contributed by atoms with Crippen LogP contribution in [-0.2, 0) is 9.53 Å². The number of amides is 1. The summed E-state index contributed by atoms with van der Waals surface area (Å²) in [5, 5.41) is 3.02. The number of rotatable bonds is 6. The van der Waals surface area contributed by atoms with Crippen molar-refractivity contribution >= 4 is 5.91 Å². The Hall–Kier alpha value is -0.610. The Labute approximate surface area is 104 Å². The van der Waals surface area contributed by atoms with E-state index in [0.717, 1.165) is 32.2 Å². The zero-order valence-electron chi connectivity index (χ0n) is 11.1. The highest BCUT2D eigenvalue weighted by atomic mass is 16.5. The van der Waals surface area contributed by atoms with Crippen LogP contribution in [0.1, 0.15) is 39.5 Å². The summed E-state index contributed by atoms with van der Waals surface area (Å²) < 4.78 is 5.30. The van der Waals surface area contributed by atoms with Crippen LogP contribution in [0.3, 0.4) is 0 Å². The highest BCUT2D eigenvalue weighted by molar-refractivity contribution is 5.83. The van der Waals surface area contributed by atoms with E-state index in [-0.39, 0.29) is 11.3 Å². The van der Waals surface area contributed by atoms with Crippen molar-refractivity contribution in [3.63, 3.8) is 0 Å². The van der Waals surface area contributed by atoms with Gasteiger partial charge in [0.05, 0.1) is 5.41 Å². The molecule has 0 unspecified atom stereocenters. The molecule has 1 heterocycles. The summed E-state index contributed by atoms with van der Waals surface area (Å²) >= 11 is 0. The molecule has 1 saturated heterocycles. The minimum absolute atomic E-state index is 0.118. The van der Waals surface area contributed by atoms with Gasteiger partial charge in [-0.05, 0) is 31.6 Å². The van der Waals surface area contributed by atoms with Crippen molar-refractivity contribution in [1.29, 1.82) is 0 Å². The van der Waals surface area contributed by atoms with Crippen LogP contribution in [0.5, 0.6) is 0 Å². The summed E-state index contributed by atoms with van der Waals surface area (Å²) in [5.41, 5.74) is 5.40. The van der Waals surface area contributed by atoms with Crippen molar-refractivity contribution in [2.45, 2.75) is 39.5 Å². The van der Waals surface area contributed by atoms with Crippen LogP contribution in [0.15, 0.2) is 0 Å². The third-order valence-electron chi connectivity index (χ3n) is 3.57. The van der Waals surface area contributed by atoms with Gasteiger partial charge in [-0.1, -0.05) is 13.8 Å². The van der Waals surface area contributed by atoms with Gasteiger partial charge in [0, 0.05) is 26.3 Å². The van der Waals surface area contributed by atoms with E-state index in [1.54, 1.807) is 0 Å². The maximum absolute atomic E-state index is 12.1. The van der Waals surface area contributed by atoms with E-state index in [4.69, 9.17) is 10.5 Å². The van der Waals surface area contributed by atoms with Gasteiger partial charge in [-0.3, -0.25) is 4.79 Å². The quantitative estimate of drug-likeness (QED) is 0.690. The molecule has 0 aromatic carbocycles. The lowest BCUT2D eigenvalue weighted by molar-refractivity contribution is -0.135. The molecule has 100 valence electrons. The van der Waals surface area contributed by atoms with E-state index in [1.807, 2.05) is 0 Å². The van der Waals surface area contributed by atoms with Crippen molar-refractivity contribution in [3.05, 3.63) is 0 Å². The third-order valence-corrected chi connectivity index (χ3v) is 3.57. The van der Waals surface area contributed by atoms with Crippen LogP contribution in [0.4, 0.5) is 0 Å². The first-order chi connectivity index (χ1) is 8.10. The van der Waals surface area contributed by atoms with Gasteiger partial charge in [-0.2, -0.15) is 0 Å². The number of carbonyl (C=O) groups excluding carboxylic acids is 1. The monoisotopic (exact) mass is 242 g/mol. The summed E-state index contributed by atoms with van der Waals surface area (Å²) in [6, 6.07) is 0. The molecular formula is C13H26N2O2. The van der Waals surface area contributed by atoms with Gasteiger partial charge < -0.3 is 15.8 Å². The molecule has 0 aromatic rings. The zero-order valence-corrected chi connectivity index (χ0v) is 11.1. The largest absolute Gasteiger partial charge is 0.381 e. The average Bonchev–Trinajstić information content (AvgIpc) is 2.35. The van der Waals surface area contributed by atoms with E-state index in [1.165, 1.54) is 0 Å². The van der Waals surface area contributed by atoms with Gasteiger partial charge in [-0.15, -0.1) is 0 Å². The van der Waals surface area contributed by atoms with E-state index in [0.29, 0.717) is 25.7 Å². The minimum atomic E-state index is -0.379. The number of carbonyl (C=O) groups is 1. The summed E-state index contributed by atoms with van der Waals surface area (Å²) in [6.07, 6.45) is 3.69. The minimum Gasteiger partial charge on any atom is -0.381 e. The molecule has 1 fully saturated rings. The molecule has 3 N–H and O–H groups in total. The molecule has 0 aromatic heterocycles. The molecule has 0 aliphatic carbocycles. The standard InChI is InChI=1S/C13H26N2O2/c1-11(2)4-3-7-15-12(16)13(10-14)5-8-17-9-6-13/h11H,3-10,14H2,1-2H3,(H,15,16). The van der Waals surface area contributed by atoms with Crippen molar-refractivity contribution in [3.8, 4) is 0 Å². The molecule has 4 nitrogen and oxygen atoms in total. The van der Waals surface area contributed by atoms with E-state index >= 15 is 0 Å². The van der Waals surface area contributed by atoms with E-state index in [2.05, 4.69) is 19.2 Å². The number of nitrogens with two attached hydrogens (primary N) is 1. The fourth-order valence-corrected chi connectivity index (χ4v) is 2.19. The zero-order chi connectivity index (χ0) is 12.7.